The molecule has 2 atom stereocenters. The zero-order valence-corrected chi connectivity index (χ0v) is 14.2. The quantitative estimate of drug-likeness (QED) is 0.782. The molecule has 1 aliphatic heterocycles. The van der Waals surface area contributed by atoms with Gasteiger partial charge < -0.3 is 9.52 Å². The minimum absolute atomic E-state index is 0.0162. The van der Waals surface area contributed by atoms with Gasteiger partial charge >= 0.3 is 5.97 Å². The van der Waals surface area contributed by atoms with E-state index < -0.39 is 5.97 Å². The van der Waals surface area contributed by atoms with Crippen molar-refractivity contribution in [3.05, 3.63) is 71.5 Å². The lowest BCUT2D eigenvalue weighted by atomic mass is 9.89. The molecule has 3 aromatic rings. The number of hydrogen-bond acceptors (Lipinski definition) is 3. The first-order chi connectivity index (χ1) is 12.1. The largest absolute Gasteiger partial charge is 0.481 e. The lowest BCUT2D eigenvalue weighted by Gasteiger charge is -2.15. The molecule has 128 valence electrons. The van der Waals surface area contributed by atoms with Crippen molar-refractivity contribution in [1.82, 2.24) is 4.90 Å². The summed E-state index contributed by atoms with van der Waals surface area (Å²) in [5, 5.41) is 10.7. The van der Waals surface area contributed by atoms with Crippen LogP contribution < -0.4 is 0 Å². The molecular formula is C21H21NO3. The first kappa shape index (κ1) is 15.9. The molecule has 0 radical (unpaired) electrons. The van der Waals surface area contributed by atoms with E-state index in [0.29, 0.717) is 13.1 Å². The van der Waals surface area contributed by atoms with E-state index in [1.54, 1.807) is 0 Å². The van der Waals surface area contributed by atoms with Crippen molar-refractivity contribution in [3.8, 4) is 0 Å². The maximum Gasteiger partial charge on any atom is 0.308 e. The van der Waals surface area contributed by atoms with Gasteiger partial charge in [0.05, 0.1) is 12.5 Å². The van der Waals surface area contributed by atoms with Crippen LogP contribution in [0.2, 0.25) is 0 Å². The number of carboxylic acid groups (broad SMARTS) is 1. The minimum atomic E-state index is -0.724. The second-order valence-corrected chi connectivity index (χ2v) is 6.91. The molecule has 0 spiro atoms. The molecule has 2 aromatic carbocycles. The fraction of sp³-hybridized carbons (Fsp3) is 0.286. The summed E-state index contributed by atoms with van der Waals surface area (Å²) in [6.45, 7) is 3.96. The van der Waals surface area contributed by atoms with Crippen LogP contribution in [0, 0.1) is 12.8 Å². The standard InChI is InChI=1S/C21H21NO3/c1-14-6-8-15(9-7-14)18-12-22(13-19(18)21(23)24)11-17-10-16-4-2-3-5-20(16)25-17/h2-10,18-19H,11-13H2,1H3,(H,23,24)/t18-,19+/m0/s1. The maximum atomic E-state index is 11.7. The highest BCUT2D eigenvalue weighted by atomic mass is 16.4. The van der Waals surface area contributed by atoms with Crippen LogP contribution in [0.1, 0.15) is 22.8 Å². The third kappa shape index (κ3) is 3.17. The van der Waals surface area contributed by atoms with Gasteiger partial charge in [-0.15, -0.1) is 0 Å². The lowest BCUT2D eigenvalue weighted by Crippen LogP contribution is -2.23. The van der Waals surface area contributed by atoms with Crippen LogP contribution in [0.5, 0.6) is 0 Å². The van der Waals surface area contributed by atoms with Gasteiger partial charge in [-0.05, 0) is 24.6 Å². The summed E-state index contributed by atoms with van der Waals surface area (Å²) in [5.74, 6) is -0.206. The van der Waals surface area contributed by atoms with Crippen LogP contribution in [0.15, 0.2) is 59.0 Å². The summed E-state index contributed by atoms with van der Waals surface area (Å²) in [6, 6.07) is 18.2. The van der Waals surface area contributed by atoms with E-state index in [1.165, 1.54) is 5.56 Å². The fourth-order valence-corrected chi connectivity index (χ4v) is 3.75. The molecule has 0 bridgehead atoms. The third-order valence-electron chi connectivity index (χ3n) is 5.07. The number of nitrogens with zero attached hydrogens (tertiary/aromatic N) is 1. The molecule has 0 aliphatic carbocycles. The van der Waals surface area contributed by atoms with Gasteiger partial charge in [0.15, 0.2) is 0 Å². The van der Waals surface area contributed by atoms with Gasteiger partial charge in [0, 0.05) is 24.4 Å². The summed E-state index contributed by atoms with van der Waals surface area (Å²) >= 11 is 0. The number of fused-ring (bicyclic) bond motifs is 1. The van der Waals surface area contributed by atoms with Crippen molar-refractivity contribution in [1.29, 1.82) is 0 Å². The van der Waals surface area contributed by atoms with Crippen LogP contribution in [0.25, 0.3) is 11.0 Å². The zero-order valence-electron chi connectivity index (χ0n) is 14.2. The van der Waals surface area contributed by atoms with Gasteiger partial charge in [-0.25, -0.2) is 0 Å². The molecule has 1 fully saturated rings. The summed E-state index contributed by atoms with van der Waals surface area (Å²) in [7, 11) is 0. The van der Waals surface area contributed by atoms with Crippen LogP contribution in [0.3, 0.4) is 0 Å². The van der Waals surface area contributed by atoms with Gasteiger partial charge in [0.25, 0.3) is 0 Å². The molecule has 1 aromatic heterocycles. The normalized spacial score (nSPS) is 21.0. The zero-order chi connectivity index (χ0) is 17.4. The number of aryl methyl sites for hydroxylation is 1. The predicted molar refractivity (Wildman–Crippen MR) is 96.5 cm³/mol. The molecule has 1 N–H and O–H groups in total. The molecule has 4 nitrogen and oxygen atoms in total. The second-order valence-electron chi connectivity index (χ2n) is 6.91. The van der Waals surface area contributed by atoms with Crippen molar-refractivity contribution in [3.63, 3.8) is 0 Å². The number of para-hydroxylation sites is 1. The van der Waals surface area contributed by atoms with Crippen molar-refractivity contribution < 1.29 is 14.3 Å². The highest BCUT2D eigenvalue weighted by Crippen LogP contribution is 2.34. The number of hydrogen-bond donors (Lipinski definition) is 1. The lowest BCUT2D eigenvalue weighted by molar-refractivity contribution is -0.141. The Bertz CT molecular complexity index is 864. The molecular weight excluding hydrogens is 314 g/mol. The van der Waals surface area contributed by atoms with Crippen LogP contribution >= 0.6 is 0 Å². The maximum absolute atomic E-state index is 11.7. The van der Waals surface area contributed by atoms with Crippen molar-refractivity contribution in [2.75, 3.05) is 13.1 Å². The second kappa shape index (κ2) is 6.37. The Morgan fingerprint density at radius 1 is 1.16 bits per heavy atom. The molecule has 25 heavy (non-hydrogen) atoms. The minimum Gasteiger partial charge on any atom is -0.481 e. The van der Waals surface area contributed by atoms with E-state index in [9.17, 15) is 9.90 Å². The molecule has 0 unspecified atom stereocenters. The number of benzene rings is 2. The Hall–Kier alpha value is -2.59. The first-order valence-corrected chi connectivity index (χ1v) is 8.59. The Balaban J connectivity index is 1.55. The monoisotopic (exact) mass is 335 g/mol. The topological polar surface area (TPSA) is 53.7 Å². The average Bonchev–Trinajstić information content (AvgIpc) is 3.19. The van der Waals surface area contributed by atoms with Crippen LogP contribution in [0.4, 0.5) is 0 Å². The summed E-state index contributed by atoms with van der Waals surface area (Å²) in [6.07, 6.45) is 0. The number of aliphatic carboxylic acids is 1. The number of carboxylic acids is 1. The number of rotatable bonds is 4. The Labute approximate surface area is 146 Å². The molecule has 1 saturated heterocycles. The Morgan fingerprint density at radius 2 is 1.92 bits per heavy atom. The van der Waals surface area contributed by atoms with E-state index >= 15 is 0 Å². The smallest absolute Gasteiger partial charge is 0.308 e. The van der Waals surface area contributed by atoms with Crippen molar-refractivity contribution in [2.24, 2.45) is 5.92 Å². The average molecular weight is 335 g/mol. The van der Waals surface area contributed by atoms with Gasteiger partial charge in [-0.1, -0.05) is 48.0 Å². The van der Waals surface area contributed by atoms with Crippen molar-refractivity contribution >= 4 is 16.9 Å². The van der Waals surface area contributed by atoms with Crippen LogP contribution in [-0.4, -0.2) is 29.1 Å². The van der Waals surface area contributed by atoms with E-state index in [4.69, 9.17) is 4.42 Å². The van der Waals surface area contributed by atoms with E-state index in [0.717, 1.165) is 28.8 Å². The van der Waals surface area contributed by atoms with Crippen LogP contribution in [-0.2, 0) is 11.3 Å². The third-order valence-corrected chi connectivity index (χ3v) is 5.07. The Kier molecular flexibility index (Phi) is 4.06. The molecule has 0 amide bonds. The van der Waals surface area contributed by atoms with E-state index in [1.807, 2.05) is 37.3 Å². The molecule has 4 heteroatoms. The number of likely N-dealkylation sites (tertiary alicyclic amines) is 1. The van der Waals surface area contributed by atoms with Gasteiger partial charge in [0.1, 0.15) is 11.3 Å². The summed E-state index contributed by atoms with van der Waals surface area (Å²) in [5.41, 5.74) is 3.17. The van der Waals surface area contributed by atoms with E-state index in [-0.39, 0.29) is 11.8 Å². The molecule has 2 heterocycles. The molecule has 1 aliphatic rings. The number of furan rings is 1. The summed E-state index contributed by atoms with van der Waals surface area (Å²) in [4.78, 5) is 13.9. The number of carbonyl (C=O) groups is 1. The van der Waals surface area contributed by atoms with Crippen molar-refractivity contribution in [2.45, 2.75) is 19.4 Å². The van der Waals surface area contributed by atoms with Gasteiger partial charge in [-0.2, -0.15) is 0 Å². The summed E-state index contributed by atoms with van der Waals surface area (Å²) < 4.78 is 5.89. The predicted octanol–water partition coefficient (Wildman–Crippen LogP) is 4.04. The fourth-order valence-electron chi connectivity index (χ4n) is 3.75. The first-order valence-electron chi connectivity index (χ1n) is 8.59. The Morgan fingerprint density at radius 3 is 2.64 bits per heavy atom. The highest BCUT2D eigenvalue weighted by molar-refractivity contribution is 5.77. The highest BCUT2D eigenvalue weighted by Gasteiger charge is 2.38. The van der Waals surface area contributed by atoms with Gasteiger partial charge in [-0.3, -0.25) is 9.69 Å². The SMILES string of the molecule is Cc1ccc([C@@H]2CN(Cc3cc4ccccc4o3)C[C@H]2C(=O)O)cc1. The molecule has 4 rings (SSSR count). The van der Waals surface area contributed by atoms with E-state index in [2.05, 4.69) is 29.2 Å². The molecule has 0 saturated carbocycles. The van der Waals surface area contributed by atoms with Gasteiger partial charge in [0.2, 0.25) is 0 Å².